The van der Waals surface area contributed by atoms with Crippen LogP contribution in [0.3, 0.4) is 0 Å². The number of ether oxygens (including phenoxy) is 2. The van der Waals surface area contributed by atoms with E-state index in [2.05, 4.69) is 11.7 Å². The minimum atomic E-state index is -4.61. The fourth-order valence-electron chi connectivity index (χ4n) is 3.02. The summed E-state index contributed by atoms with van der Waals surface area (Å²) in [6.07, 6.45) is 6.67. The highest BCUT2D eigenvalue weighted by molar-refractivity contribution is 5.71. The lowest BCUT2D eigenvalue weighted by Gasteiger charge is -2.07. The van der Waals surface area contributed by atoms with E-state index in [0.717, 1.165) is 11.1 Å². The van der Waals surface area contributed by atoms with Gasteiger partial charge in [-0.25, -0.2) is 0 Å². The Balaban J connectivity index is 2.64. The van der Waals surface area contributed by atoms with Crippen LogP contribution in [0.2, 0.25) is 0 Å². The molecule has 0 aliphatic heterocycles. The van der Waals surface area contributed by atoms with Crippen LogP contribution >= 0.6 is 0 Å². The van der Waals surface area contributed by atoms with E-state index in [1.165, 1.54) is 18.4 Å². The third-order valence-electron chi connectivity index (χ3n) is 4.77. The van der Waals surface area contributed by atoms with E-state index in [0.29, 0.717) is 44.5 Å². The maximum absolute atomic E-state index is 13.2. The fraction of sp³-hybridized carbons (Fsp3) is 0.440. The van der Waals surface area contributed by atoms with Crippen LogP contribution < -0.4 is 0 Å². The number of aliphatic carboxylic acids is 1. The quantitative estimate of drug-likeness (QED) is 0.162. The van der Waals surface area contributed by atoms with Gasteiger partial charge in [-0.3, -0.25) is 4.79 Å². The van der Waals surface area contributed by atoms with Crippen molar-refractivity contribution in [3.05, 3.63) is 65.5 Å². The van der Waals surface area contributed by atoms with E-state index in [-0.39, 0.29) is 17.7 Å². The molecule has 6 nitrogen and oxygen atoms in total. The van der Waals surface area contributed by atoms with Crippen LogP contribution in [-0.2, 0) is 20.4 Å². The smallest absolute Gasteiger partial charge is 0.437 e. The summed E-state index contributed by atoms with van der Waals surface area (Å²) < 4.78 is 55.4. The molecule has 0 unspecified atom stereocenters. The standard InChI is InChI=1S/C25H32F3NO5/c1-5-10-21-23(34-29-24(21)25(26,27)28)20(8-4)17-33-15-9-14-32-16-13-19(7-3)18(6-2)11-12-22(30)31/h5-6,10,13,16-17H,2,7-9,11-12,14-15H2,1,3-4H3,(H,30,31)/b10-5-,16-13+,19-18+,20-17+. The van der Waals surface area contributed by atoms with Gasteiger partial charge in [-0.2, -0.15) is 13.2 Å². The number of aromatic nitrogens is 1. The lowest BCUT2D eigenvalue weighted by atomic mass is 10.0. The first-order valence-corrected chi connectivity index (χ1v) is 11.0. The van der Waals surface area contributed by atoms with Crippen molar-refractivity contribution in [2.24, 2.45) is 0 Å². The third kappa shape index (κ3) is 9.33. The molecule has 0 amide bonds. The van der Waals surface area contributed by atoms with Crippen molar-refractivity contribution < 1.29 is 37.1 Å². The van der Waals surface area contributed by atoms with Gasteiger partial charge < -0.3 is 19.1 Å². The summed E-state index contributed by atoms with van der Waals surface area (Å²) in [6.45, 7) is 9.76. The summed E-state index contributed by atoms with van der Waals surface area (Å²) in [6, 6.07) is 0. The van der Waals surface area contributed by atoms with Crippen molar-refractivity contribution in [2.75, 3.05) is 13.2 Å². The van der Waals surface area contributed by atoms with Gasteiger partial charge in [0.15, 0.2) is 11.5 Å². The van der Waals surface area contributed by atoms with Crippen LogP contribution in [0.5, 0.6) is 0 Å². The van der Waals surface area contributed by atoms with E-state index < -0.39 is 17.8 Å². The van der Waals surface area contributed by atoms with E-state index in [9.17, 15) is 18.0 Å². The van der Waals surface area contributed by atoms with Crippen LogP contribution in [0, 0.1) is 0 Å². The number of hydrogen-bond donors (Lipinski definition) is 1. The Morgan fingerprint density at radius 1 is 1.15 bits per heavy atom. The molecular weight excluding hydrogens is 451 g/mol. The molecule has 0 saturated heterocycles. The van der Waals surface area contributed by atoms with E-state index in [4.69, 9.17) is 19.1 Å². The molecule has 0 atom stereocenters. The van der Waals surface area contributed by atoms with Gasteiger partial charge in [0.1, 0.15) is 0 Å². The van der Waals surface area contributed by atoms with Crippen molar-refractivity contribution in [3.63, 3.8) is 0 Å². The Bertz CT molecular complexity index is 923. The first-order chi connectivity index (χ1) is 16.2. The molecule has 0 saturated carbocycles. The molecule has 0 aromatic carbocycles. The molecule has 0 aliphatic carbocycles. The van der Waals surface area contributed by atoms with Crippen LogP contribution in [0.25, 0.3) is 11.6 Å². The number of alkyl halides is 3. The minimum Gasteiger partial charge on any atom is -0.501 e. The number of rotatable bonds is 15. The molecular formula is C25H32F3NO5. The average Bonchev–Trinajstić information content (AvgIpc) is 3.21. The van der Waals surface area contributed by atoms with E-state index in [1.807, 2.05) is 6.92 Å². The van der Waals surface area contributed by atoms with Crippen molar-refractivity contribution in [1.82, 2.24) is 5.16 Å². The van der Waals surface area contributed by atoms with Crippen molar-refractivity contribution >= 4 is 17.6 Å². The van der Waals surface area contributed by atoms with Crippen LogP contribution in [0.15, 0.2) is 53.0 Å². The van der Waals surface area contributed by atoms with E-state index in [1.54, 1.807) is 32.3 Å². The van der Waals surface area contributed by atoms with Gasteiger partial charge in [-0.15, -0.1) is 0 Å². The molecule has 1 aromatic heterocycles. The summed E-state index contributed by atoms with van der Waals surface area (Å²) in [5.74, 6) is -0.829. The van der Waals surface area contributed by atoms with Gasteiger partial charge in [-0.1, -0.05) is 43.8 Å². The van der Waals surface area contributed by atoms with Crippen LogP contribution in [0.4, 0.5) is 13.2 Å². The Morgan fingerprint density at radius 3 is 2.41 bits per heavy atom. The van der Waals surface area contributed by atoms with Gasteiger partial charge in [0.25, 0.3) is 0 Å². The number of hydrogen-bond acceptors (Lipinski definition) is 5. The lowest BCUT2D eigenvalue weighted by molar-refractivity contribution is -0.143. The van der Waals surface area contributed by atoms with Gasteiger partial charge in [0.05, 0.1) is 31.3 Å². The second kappa shape index (κ2) is 14.8. The molecule has 0 spiro atoms. The van der Waals surface area contributed by atoms with Crippen molar-refractivity contribution in [1.29, 1.82) is 0 Å². The number of halogens is 3. The van der Waals surface area contributed by atoms with Crippen molar-refractivity contribution in [3.8, 4) is 0 Å². The number of carboxylic acid groups (broad SMARTS) is 1. The van der Waals surface area contributed by atoms with Gasteiger partial charge in [0.2, 0.25) is 0 Å². The summed E-state index contributed by atoms with van der Waals surface area (Å²) >= 11 is 0. The number of allylic oxidation sites excluding steroid dienone is 6. The SMILES string of the molecule is C=C/C(CCC(=O)O)=C(\C=C\OCCCO/C=C(\CC)c1onc(C(F)(F)F)c1/C=C\C)CC. The van der Waals surface area contributed by atoms with Gasteiger partial charge in [0, 0.05) is 18.4 Å². The second-order valence-corrected chi connectivity index (χ2v) is 7.17. The topological polar surface area (TPSA) is 81.8 Å². The molecule has 0 radical (unpaired) electrons. The zero-order chi connectivity index (χ0) is 25.6. The Hall–Kier alpha value is -3.23. The average molecular weight is 484 g/mol. The highest BCUT2D eigenvalue weighted by atomic mass is 19.4. The maximum atomic E-state index is 13.2. The summed E-state index contributed by atoms with van der Waals surface area (Å²) in [4.78, 5) is 10.8. The highest BCUT2D eigenvalue weighted by Crippen LogP contribution is 2.36. The lowest BCUT2D eigenvalue weighted by Crippen LogP contribution is -2.07. The molecule has 1 heterocycles. The van der Waals surface area contributed by atoms with Gasteiger partial charge >= 0.3 is 12.1 Å². The largest absolute Gasteiger partial charge is 0.501 e. The Labute approximate surface area is 198 Å². The molecule has 0 aliphatic rings. The molecule has 0 fully saturated rings. The van der Waals surface area contributed by atoms with Crippen molar-refractivity contribution in [2.45, 2.75) is 59.1 Å². The summed E-state index contributed by atoms with van der Waals surface area (Å²) in [5.41, 5.74) is 1.09. The number of nitrogens with zero attached hydrogens (tertiary/aromatic N) is 1. The molecule has 9 heteroatoms. The summed E-state index contributed by atoms with van der Waals surface area (Å²) in [5, 5.41) is 12.0. The van der Waals surface area contributed by atoms with E-state index >= 15 is 0 Å². The monoisotopic (exact) mass is 483 g/mol. The second-order valence-electron chi connectivity index (χ2n) is 7.17. The summed E-state index contributed by atoms with van der Waals surface area (Å²) in [7, 11) is 0. The highest BCUT2D eigenvalue weighted by Gasteiger charge is 2.39. The fourth-order valence-corrected chi connectivity index (χ4v) is 3.02. The molecule has 188 valence electrons. The molecule has 1 rings (SSSR count). The Kier molecular flexibility index (Phi) is 12.6. The van der Waals surface area contributed by atoms with Crippen LogP contribution in [0.1, 0.15) is 69.9 Å². The molecule has 1 aromatic rings. The van der Waals surface area contributed by atoms with Crippen LogP contribution in [-0.4, -0.2) is 29.4 Å². The maximum Gasteiger partial charge on any atom is 0.437 e. The first kappa shape index (κ1) is 28.8. The first-order valence-electron chi connectivity index (χ1n) is 11.0. The normalized spacial score (nSPS) is 13.4. The predicted octanol–water partition coefficient (Wildman–Crippen LogP) is 7.17. The zero-order valence-electron chi connectivity index (χ0n) is 19.8. The molecule has 1 N–H and O–H groups in total. The third-order valence-corrected chi connectivity index (χ3v) is 4.77. The number of carbonyl (C=O) groups is 1. The predicted molar refractivity (Wildman–Crippen MR) is 125 cm³/mol. The molecule has 0 bridgehead atoms. The Morgan fingerprint density at radius 2 is 1.85 bits per heavy atom. The van der Waals surface area contributed by atoms with Gasteiger partial charge in [-0.05, 0) is 43.4 Å². The number of carboxylic acids is 1. The minimum absolute atomic E-state index is 0.0337. The molecule has 34 heavy (non-hydrogen) atoms. The zero-order valence-corrected chi connectivity index (χ0v) is 19.8.